The average Bonchev–Trinajstić information content (AvgIpc) is 3.21. The van der Waals surface area contributed by atoms with E-state index in [1.54, 1.807) is 7.11 Å². The number of amides is 1. The summed E-state index contributed by atoms with van der Waals surface area (Å²) in [5, 5.41) is 0. The minimum absolute atomic E-state index is 0.0312. The van der Waals surface area contributed by atoms with E-state index in [-0.39, 0.29) is 5.41 Å². The van der Waals surface area contributed by atoms with Crippen molar-refractivity contribution in [2.75, 3.05) is 53.1 Å². The predicted octanol–water partition coefficient (Wildman–Crippen LogP) is 2.41. The fourth-order valence-electron chi connectivity index (χ4n) is 5.08. The van der Waals surface area contributed by atoms with E-state index in [2.05, 4.69) is 40.1 Å². The van der Waals surface area contributed by atoms with Crippen LogP contribution in [-0.4, -0.2) is 68.8 Å². The molecule has 1 aromatic rings. The second kappa shape index (κ2) is 8.29. The van der Waals surface area contributed by atoms with E-state index in [1.807, 2.05) is 0 Å². The van der Waals surface area contributed by atoms with Crippen molar-refractivity contribution in [2.45, 2.75) is 25.8 Å². The Balaban J connectivity index is 1.24. The normalized spacial score (nSPS) is 29.2. The fraction of sp³-hybridized carbons (Fsp3) is 0.682. The highest BCUT2D eigenvalue weighted by Crippen LogP contribution is 2.42. The number of ether oxygens (including phenoxy) is 2. The fourth-order valence-corrected chi connectivity index (χ4v) is 5.08. The number of piperidine rings is 1. The van der Waals surface area contributed by atoms with Crippen molar-refractivity contribution in [1.82, 2.24) is 9.80 Å². The third-order valence-electron chi connectivity index (χ3n) is 6.73. The lowest BCUT2D eigenvalue weighted by atomic mass is 9.82. The van der Waals surface area contributed by atoms with Crippen molar-refractivity contribution >= 4 is 5.91 Å². The topological polar surface area (TPSA) is 42.0 Å². The van der Waals surface area contributed by atoms with Gasteiger partial charge in [0.05, 0.1) is 19.8 Å². The van der Waals surface area contributed by atoms with E-state index >= 15 is 0 Å². The van der Waals surface area contributed by atoms with Crippen LogP contribution in [0.2, 0.25) is 0 Å². The van der Waals surface area contributed by atoms with Gasteiger partial charge < -0.3 is 14.4 Å². The summed E-state index contributed by atoms with van der Waals surface area (Å²) in [6.07, 6.45) is 2.96. The minimum Gasteiger partial charge on any atom is -0.384 e. The van der Waals surface area contributed by atoms with Gasteiger partial charge in [-0.25, -0.2) is 0 Å². The maximum absolute atomic E-state index is 12.9. The van der Waals surface area contributed by atoms with E-state index < -0.39 is 0 Å². The molecule has 3 fully saturated rings. The molecule has 27 heavy (non-hydrogen) atoms. The van der Waals surface area contributed by atoms with Gasteiger partial charge >= 0.3 is 0 Å². The number of methoxy groups -OCH3 is 1. The molecule has 2 atom stereocenters. The Hall–Kier alpha value is -1.43. The summed E-state index contributed by atoms with van der Waals surface area (Å²) < 4.78 is 11.1. The zero-order valence-electron chi connectivity index (χ0n) is 16.4. The molecule has 5 nitrogen and oxygen atoms in total. The van der Waals surface area contributed by atoms with E-state index in [4.69, 9.17) is 9.47 Å². The average molecular weight is 373 g/mol. The largest absolute Gasteiger partial charge is 0.384 e. The first-order chi connectivity index (χ1) is 13.2. The van der Waals surface area contributed by atoms with Crippen molar-refractivity contribution in [3.63, 3.8) is 0 Å². The molecule has 0 saturated carbocycles. The summed E-state index contributed by atoms with van der Waals surface area (Å²) in [6.45, 7) is 7.05. The smallest absolute Gasteiger partial charge is 0.222 e. The number of hydrogen-bond acceptors (Lipinski definition) is 4. The number of carbonyl (C=O) groups excluding carboxylic acids is 1. The van der Waals surface area contributed by atoms with Gasteiger partial charge in [0, 0.05) is 44.5 Å². The van der Waals surface area contributed by atoms with Gasteiger partial charge in [-0.05, 0) is 37.4 Å². The number of carbonyl (C=O) groups is 1. The van der Waals surface area contributed by atoms with Gasteiger partial charge in [0.25, 0.3) is 0 Å². The highest BCUT2D eigenvalue weighted by molar-refractivity contribution is 5.77. The van der Waals surface area contributed by atoms with Gasteiger partial charge in [-0.15, -0.1) is 0 Å². The maximum Gasteiger partial charge on any atom is 0.222 e. The molecule has 3 aliphatic rings. The van der Waals surface area contributed by atoms with Crippen molar-refractivity contribution in [1.29, 1.82) is 0 Å². The molecule has 0 spiro atoms. The standard InChI is InChI=1S/C22H32N2O3/c1-26-16-22-15-24(13-20(22)14-27-17-22)21(25)11-18-7-9-23(10-8-18)12-19-5-3-2-4-6-19/h2-6,18,20H,7-17H2,1H3/t20-,22-/m0/s1. The van der Waals surface area contributed by atoms with Gasteiger partial charge in [0.2, 0.25) is 5.91 Å². The van der Waals surface area contributed by atoms with Crippen LogP contribution in [0.15, 0.2) is 30.3 Å². The second-order valence-electron chi connectivity index (χ2n) is 8.69. The van der Waals surface area contributed by atoms with Crippen LogP contribution in [-0.2, 0) is 20.8 Å². The number of nitrogens with zero attached hydrogens (tertiary/aromatic N) is 2. The SMILES string of the molecule is COC[C@@]12COC[C@@H]1CN(C(=O)CC1CCN(Cc3ccccc3)CC1)C2. The molecule has 4 rings (SSSR count). The summed E-state index contributed by atoms with van der Waals surface area (Å²) in [5.41, 5.74) is 1.41. The van der Waals surface area contributed by atoms with Crippen LogP contribution in [0, 0.1) is 17.3 Å². The molecule has 3 saturated heterocycles. The summed E-state index contributed by atoms with van der Waals surface area (Å²) in [5.74, 6) is 1.30. The van der Waals surface area contributed by atoms with Gasteiger partial charge in [-0.1, -0.05) is 30.3 Å². The summed E-state index contributed by atoms with van der Waals surface area (Å²) >= 11 is 0. The van der Waals surface area contributed by atoms with Crippen LogP contribution in [0.1, 0.15) is 24.8 Å². The molecule has 0 unspecified atom stereocenters. The molecule has 3 aliphatic heterocycles. The summed E-state index contributed by atoms with van der Waals surface area (Å²) in [6, 6.07) is 10.7. The first-order valence-electron chi connectivity index (χ1n) is 10.3. The van der Waals surface area contributed by atoms with Gasteiger partial charge in [-0.2, -0.15) is 0 Å². The molecule has 0 radical (unpaired) electrons. The summed E-state index contributed by atoms with van der Waals surface area (Å²) in [7, 11) is 1.75. The zero-order chi connectivity index (χ0) is 18.7. The van der Waals surface area contributed by atoms with E-state index in [9.17, 15) is 4.79 Å². The third-order valence-corrected chi connectivity index (χ3v) is 6.73. The van der Waals surface area contributed by atoms with E-state index in [1.165, 1.54) is 5.56 Å². The molecular weight excluding hydrogens is 340 g/mol. The molecule has 1 aromatic carbocycles. The van der Waals surface area contributed by atoms with Crippen molar-refractivity contribution in [3.8, 4) is 0 Å². The van der Waals surface area contributed by atoms with Gasteiger partial charge in [0.15, 0.2) is 0 Å². The van der Waals surface area contributed by atoms with Crippen LogP contribution in [0.4, 0.5) is 0 Å². The Morgan fingerprint density at radius 2 is 2.04 bits per heavy atom. The van der Waals surface area contributed by atoms with Crippen LogP contribution in [0.3, 0.4) is 0 Å². The lowest BCUT2D eigenvalue weighted by Crippen LogP contribution is -2.39. The lowest BCUT2D eigenvalue weighted by Gasteiger charge is -2.32. The molecule has 0 N–H and O–H groups in total. The van der Waals surface area contributed by atoms with E-state index in [0.29, 0.717) is 30.8 Å². The maximum atomic E-state index is 12.9. The Labute approximate surface area is 162 Å². The van der Waals surface area contributed by atoms with Gasteiger partial charge in [-0.3, -0.25) is 9.69 Å². The van der Waals surface area contributed by atoms with Crippen LogP contribution in [0.25, 0.3) is 0 Å². The second-order valence-corrected chi connectivity index (χ2v) is 8.69. The van der Waals surface area contributed by atoms with Crippen molar-refractivity contribution < 1.29 is 14.3 Å². The molecular formula is C22H32N2O3. The molecule has 0 aliphatic carbocycles. The molecule has 148 valence electrons. The Bertz CT molecular complexity index is 630. The van der Waals surface area contributed by atoms with Crippen LogP contribution in [0.5, 0.6) is 0 Å². The number of rotatable bonds is 6. The lowest BCUT2D eigenvalue weighted by molar-refractivity contribution is -0.132. The monoisotopic (exact) mass is 372 g/mol. The third kappa shape index (κ3) is 4.20. The number of likely N-dealkylation sites (tertiary alicyclic amines) is 2. The number of hydrogen-bond donors (Lipinski definition) is 0. The predicted molar refractivity (Wildman–Crippen MR) is 104 cm³/mol. The number of fused-ring (bicyclic) bond motifs is 1. The van der Waals surface area contributed by atoms with Crippen molar-refractivity contribution in [2.24, 2.45) is 17.3 Å². The van der Waals surface area contributed by atoms with Crippen LogP contribution < -0.4 is 0 Å². The number of benzene rings is 1. The first-order valence-corrected chi connectivity index (χ1v) is 10.3. The minimum atomic E-state index is 0.0312. The highest BCUT2D eigenvalue weighted by Gasteiger charge is 2.51. The highest BCUT2D eigenvalue weighted by atomic mass is 16.5. The quantitative estimate of drug-likeness (QED) is 0.769. The van der Waals surface area contributed by atoms with Gasteiger partial charge in [0.1, 0.15) is 0 Å². The molecule has 1 amide bonds. The zero-order valence-corrected chi connectivity index (χ0v) is 16.4. The van der Waals surface area contributed by atoms with Crippen LogP contribution >= 0.6 is 0 Å². The molecule has 0 bridgehead atoms. The molecule has 0 aromatic heterocycles. The van der Waals surface area contributed by atoms with E-state index in [0.717, 1.165) is 58.8 Å². The first kappa shape index (κ1) is 18.9. The Kier molecular flexibility index (Phi) is 5.81. The van der Waals surface area contributed by atoms with Crippen molar-refractivity contribution in [3.05, 3.63) is 35.9 Å². The summed E-state index contributed by atoms with van der Waals surface area (Å²) in [4.78, 5) is 17.5. The molecule has 5 heteroatoms. The molecule has 3 heterocycles. The Morgan fingerprint density at radius 1 is 1.26 bits per heavy atom. The Morgan fingerprint density at radius 3 is 2.78 bits per heavy atom.